The number of amides is 1. The molecule has 2 unspecified atom stereocenters. The van der Waals surface area contributed by atoms with E-state index in [0.717, 1.165) is 11.1 Å². The van der Waals surface area contributed by atoms with Crippen molar-refractivity contribution in [3.63, 3.8) is 0 Å². The van der Waals surface area contributed by atoms with Gasteiger partial charge in [0.2, 0.25) is 0 Å². The number of alkyl carbamates (subject to hydrolysis) is 1. The molecule has 0 saturated heterocycles. The maximum atomic E-state index is 12.6. The van der Waals surface area contributed by atoms with Crippen molar-refractivity contribution in [2.45, 2.75) is 59.5 Å². The van der Waals surface area contributed by atoms with E-state index >= 15 is 0 Å². The van der Waals surface area contributed by atoms with Gasteiger partial charge in [0, 0.05) is 17.4 Å². The highest BCUT2D eigenvalue weighted by atomic mass is 35.5. The van der Waals surface area contributed by atoms with Crippen LogP contribution in [-0.4, -0.2) is 24.3 Å². The zero-order chi connectivity index (χ0) is 25.1. The fraction of sp³-hybridized carbons (Fsp3) is 0.423. The summed E-state index contributed by atoms with van der Waals surface area (Å²) in [7, 11) is 0. The molecule has 1 amide bonds. The summed E-state index contributed by atoms with van der Waals surface area (Å²) in [6, 6.07) is 15.8. The van der Waals surface area contributed by atoms with Gasteiger partial charge in [-0.05, 0) is 29.7 Å². The van der Waals surface area contributed by atoms with E-state index in [1.54, 1.807) is 52.0 Å². The number of ether oxygens (including phenoxy) is 3. The molecule has 2 rings (SSSR count). The first kappa shape index (κ1) is 27.2. The molecule has 2 aromatic rings. The van der Waals surface area contributed by atoms with Crippen molar-refractivity contribution in [2.24, 2.45) is 11.8 Å². The van der Waals surface area contributed by atoms with Crippen molar-refractivity contribution < 1.29 is 28.6 Å². The number of carbonyl (C=O) groups excluding carboxylic acids is 3. The van der Waals surface area contributed by atoms with Crippen molar-refractivity contribution >= 4 is 29.6 Å². The van der Waals surface area contributed by atoms with Gasteiger partial charge in [0.25, 0.3) is 6.29 Å². The Bertz CT molecular complexity index is 930. The van der Waals surface area contributed by atoms with Gasteiger partial charge in [-0.25, -0.2) is 4.79 Å². The summed E-state index contributed by atoms with van der Waals surface area (Å²) in [5, 5.41) is 3.32. The molecule has 0 spiro atoms. The van der Waals surface area contributed by atoms with Crippen LogP contribution in [0.1, 0.15) is 57.7 Å². The van der Waals surface area contributed by atoms with Crippen LogP contribution in [0, 0.1) is 11.8 Å². The van der Waals surface area contributed by atoms with Gasteiger partial charge in [-0.15, -0.1) is 0 Å². The van der Waals surface area contributed by atoms with Gasteiger partial charge in [0.1, 0.15) is 6.61 Å². The minimum absolute atomic E-state index is 0.0797. The topological polar surface area (TPSA) is 90.9 Å². The molecule has 184 valence electrons. The second-order valence-corrected chi connectivity index (χ2v) is 8.98. The van der Waals surface area contributed by atoms with Crippen molar-refractivity contribution in [1.29, 1.82) is 0 Å². The highest BCUT2D eigenvalue weighted by molar-refractivity contribution is 6.30. The molecule has 2 atom stereocenters. The number of carbonyl (C=O) groups is 3. The maximum absolute atomic E-state index is 12.6. The van der Waals surface area contributed by atoms with E-state index in [9.17, 15) is 14.4 Å². The van der Waals surface area contributed by atoms with Crippen LogP contribution in [0.2, 0.25) is 5.02 Å². The Morgan fingerprint density at radius 1 is 0.912 bits per heavy atom. The minimum atomic E-state index is -1.03. The molecule has 34 heavy (non-hydrogen) atoms. The molecule has 0 heterocycles. The van der Waals surface area contributed by atoms with Gasteiger partial charge in [0.05, 0.1) is 12.0 Å². The molecule has 0 radical (unpaired) electrons. The SMILES string of the molecule is CC(C)C(=O)OC(OC(=O)NC(CCC(=O)OCc1ccccc1)c1ccc(Cl)cc1)C(C)C. The van der Waals surface area contributed by atoms with Crippen LogP contribution in [0.3, 0.4) is 0 Å². The number of hydrogen-bond acceptors (Lipinski definition) is 6. The Morgan fingerprint density at radius 3 is 2.15 bits per heavy atom. The van der Waals surface area contributed by atoms with Gasteiger partial charge in [-0.1, -0.05) is 81.8 Å². The molecule has 0 aliphatic rings. The Kier molecular flexibility index (Phi) is 10.9. The molecule has 2 aromatic carbocycles. The second-order valence-electron chi connectivity index (χ2n) is 8.54. The third-order valence-electron chi connectivity index (χ3n) is 4.92. The average molecular weight is 490 g/mol. The largest absolute Gasteiger partial charge is 0.461 e. The summed E-state index contributed by atoms with van der Waals surface area (Å²) < 4.78 is 16.0. The van der Waals surface area contributed by atoms with Gasteiger partial charge in [-0.2, -0.15) is 0 Å². The second kappa shape index (κ2) is 13.6. The van der Waals surface area contributed by atoms with Crippen molar-refractivity contribution in [3.05, 3.63) is 70.7 Å². The number of benzene rings is 2. The van der Waals surface area contributed by atoms with E-state index in [0.29, 0.717) is 5.02 Å². The van der Waals surface area contributed by atoms with Gasteiger partial charge in [-0.3, -0.25) is 9.59 Å². The fourth-order valence-electron chi connectivity index (χ4n) is 2.92. The van der Waals surface area contributed by atoms with Crippen LogP contribution in [0.25, 0.3) is 0 Å². The predicted molar refractivity (Wildman–Crippen MR) is 129 cm³/mol. The highest BCUT2D eigenvalue weighted by Gasteiger charge is 2.26. The number of rotatable bonds is 11. The Labute approximate surface area is 205 Å². The van der Waals surface area contributed by atoms with E-state index in [-0.39, 0.29) is 37.3 Å². The van der Waals surface area contributed by atoms with Crippen molar-refractivity contribution in [1.82, 2.24) is 5.32 Å². The maximum Gasteiger partial charge on any atom is 0.410 e. The average Bonchev–Trinajstić information content (AvgIpc) is 2.81. The first-order valence-corrected chi connectivity index (χ1v) is 11.7. The number of esters is 2. The third kappa shape index (κ3) is 9.43. The molecule has 0 aliphatic heterocycles. The summed E-state index contributed by atoms with van der Waals surface area (Å²) in [6.45, 7) is 7.15. The molecule has 0 saturated carbocycles. The first-order valence-electron chi connectivity index (χ1n) is 11.3. The molecular weight excluding hydrogens is 458 g/mol. The monoisotopic (exact) mass is 489 g/mol. The number of nitrogens with one attached hydrogen (secondary N) is 1. The predicted octanol–water partition coefficient (Wildman–Crippen LogP) is 5.81. The number of hydrogen-bond donors (Lipinski definition) is 1. The number of halogens is 1. The molecule has 0 aliphatic carbocycles. The van der Waals surface area contributed by atoms with E-state index < -0.39 is 24.4 Å². The van der Waals surface area contributed by atoms with Gasteiger partial charge < -0.3 is 19.5 Å². The summed E-state index contributed by atoms with van der Waals surface area (Å²) in [6.07, 6.45) is -1.43. The van der Waals surface area contributed by atoms with E-state index in [4.69, 9.17) is 25.8 Å². The summed E-state index contributed by atoms with van der Waals surface area (Å²) in [5.41, 5.74) is 1.64. The van der Waals surface area contributed by atoms with Crippen LogP contribution in [0.15, 0.2) is 54.6 Å². The molecule has 7 nitrogen and oxygen atoms in total. The molecule has 0 bridgehead atoms. The summed E-state index contributed by atoms with van der Waals surface area (Å²) in [4.78, 5) is 36.9. The Balaban J connectivity index is 2.00. The van der Waals surface area contributed by atoms with Crippen LogP contribution in [0.4, 0.5) is 4.79 Å². The fourth-order valence-corrected chi connectivity index (χ4v) is 3.04. The van der Waals surface area contributed by atoms with E-state index in [1.165, 1.54) is 0 Å². The Hall–Kier alpha value is -3.06. The molecule has 0 aromatic heterocycles. The smallest absolute Gasteiger partial charge is 0.410 e. The molecule has 0 fully saturated rings. The highest BCUT2D eigenvalue weighted by Crippen LogP contribution is 2.22. The normalized spacial score (nSPS) is 12.7. The first-order chi connectivity index (χ1) is 16.2. The van der Waals surface area contributed by atoms with E-state index in [2.05, 4.69) is 5.32 Å². The molecule has 1 N–H and O–H groups in total. The van der Waals surface area contributed by atoms with Crippen LogP contribution < -0.4 is 5.32 Å². The molecule has 8 heteroatoms. The van der Waals surface area contributed by atoms with Crippen LogP contribution >= 0.6 is 11.6 Å². The lowest BCUT2D eigenvalue weighted by molar-refractivity contribution is -0.178. The van der Waals surface area contributed by atoms with Crippen molar-refractivity contribution in [2.75, 3.05) is 0 Å². The lowest BCUT2D eigenvalue weighted by atomic mass is 10.0. The quantitative estimate of drug-likeness (QED) is 0.316. The lowest BCUT2D eigenvalue weighted by Crippen LogP contribution is -2.37. The zero-order valence-corrected chi connectivity index (χ0v) is 20.7. The molecular formula is C26H32ClNO6. The Morgan fingerprint density at radius 2 is 1.56 bits per heavy atom. The third-order valence-corrected chi connectivity index (χ3v) is 5.17. The standard InChI is InChI=1S/C26H32ClNO6/c1-17(2)24(30)33-25(18(3)4)34-26(31)28-22(20-10-12-21(27)13-11-20)14-15-23(29)32-16-19-8-6-5-7-9-19/h5-13,17-18,22,25H,14-16H2,1-4H3,(H,28,31). The minimum Gasteiger partial charge on any atom is -0.461 e. The van der Waals surface area contributed by atoms with Crippen molar-refractivity contribution in [3.8, 4) is 0 Å². The van der Waals surface area contributed by atoms with E-state index in [1.807, 2.05) is 30.3 Å². The van der Waals surface area contributed by atoms with Gasteiger partial charge in [0.15, 0.2) is 0 Å². The van der Waals surface area contributed by atoms with Gasteiger partial charge >= 0.3 is 18.0 Å². The van der Waals surface area contributed by atoms with Crippen LogP contribution in [-0.2, 0) is 30.4 Å². The zero-order valence-electron chi connectivity index (χ0n) is 20.0. The summed E-state index contributed by atoms with van der Waals surface area (Å²) in [5.74, 6) is -1.43. The lowest BCUT2D eigenvalue weighted by Gasteiger charge is -2.24. The van der Waals surface area contributed by atoms with Crippen LogP contribution in [0.5, 0.6) is 0 Å². The summed E-state index contributed by atoms with van der Waals surface area (Å²) >= 11 is 5.99.